The van der Waals surface area contributed by atoms with Gasteiger partial charge >= 0.3 is 6.18 Å². The minimum absolute atomic E-state index is 0.440. The molecule has 0 saturated carbocycles. The topological polar surface area (TPSA) is 12.0 Å². The number of aryl methyl sites for hydroxylation is 3. The van der Waals surface area contributed by atoms with Gasteiger partial charge in [-0.2, -0.15) is 13.2 Å². The number of benzene rings is 2. The molecule has 0 aliphatic rings. The smallest absolute Gasteiger partial charge is 0.355 e. The average molecular weight is 279 g/mol. The van der Waals surface area contributed by atoms with Gasteiger partial charge in [-0.15, -0.1) is 0 Å². The van der Waals surface area contributed by atoms with Crippen LogP contribution >= 0.6 is 0 Å². The van der Waals surface area contributed by atoms with E-state index in [2.05, 4.69) is 5.32 Å². The first kappa shape index (κ1) is 14.4. The first-order valence-corrected chi connectivity index (χ1v) is 6.29. The van der Waals surface area contributed by atoms with Crippen LogP contribution in [0.4, 0.5) is 24.5 Å². The van der Waals surface area contributed by atoms with Gasteiger partial charge in [-0.25, -0.2) is 0 Å². The Kier molecular flexibility index (Phi) is 3.75. The van der Waals surface area contributed by atoms with Crippen LogP contribution in [0.3, 0.4) is 0 Å². The number of halogens is 3. The minimum atomic E-state index is -4.32. The summed E-state index contributed by atoms with van der Waals surface area (Å²) in [4.78, 5) is 0. The van der Waals surface area contributed by atoms with Gasteiger partial charge in [-0.1, -0.05) is 23.8 Å². The molecule has 0 spiro atoms. The maximum absolute atomic E-state index is 12.7. The highest BCUT2D eigenvalue weighted by molar-refractivity contribution is 5.67. The molecule has 4 heteroatoms. The van der Waals surface area contributed by atoms with Crippen LogP contribution in [0.5, 0.6) is 0 Å². The molecule has 0 fully saturated rings. The van der Waals surface area contributed by atoms with Gasteiger partial charge in [0.05, 0.1) is 5.56 Å². The van der Waals surface area contributed by atoms with Gasteiger partial charge < -0.3 is 5.32 Å². The molecule has 0 aliphatic heterocycles. The maximum Gasteiger partial charge on any atom is 0.416 e. The lowest BCUT2D eigenvalue weighted by Crippen LogP contribution is -2.05. The van der Waals surface area contributed by atoms with Crippen LogP contribution in [-0.4, -0.2) is 0 Å². The Morgan fingerprint density at radius 1 is 0.900 bits per heavy atom. The molecule has 0 aromatic heterocycles. The van der Waals surface area contributed by atoms with E-state index in [1.807, 2.05) is 32.9 Å². The number of alkyl halides is 3. The Balaban J connectivity index is 2.36. The van der Waals surface area contributed by atoms with E-state index in [1.165, 1.54) is 6.07 Å². The van der Waals surface area contributed by atoms with Gasteiger partial charge in [0.2, 0.25) is 0 Å². The summed E-state index contributed by atoms with van der Waals surface area (Å²) in [7, 11) is 0. The van der Waals surface area contributed by atoms with Crippen molar-refractivity contribution in [2.45, 2.75) is 26.9 Å². The second-order valence-electron chi connectivity index (χ2n) is 4.98. The average Bonchev–Trinajstić information content (AvgIpc) is 2.33. The van der Waals surface area contributed by atoms with Crippen molar-refractivity contribution in [2.24, 2.45) is 0 Å². The van der Waals surface area contributed by atoms with E-state index in [-0.39, 0.29) is 0 Å². The zero-order valence-corrected chi connectivity index (χ0v) is 11.6. The van der Waals surface area contributed by atoms with Crippen LogP contribution < -0.4 is 5.32 Å². The molecule has 0 unspecified atom stereocenters. The number of hydrogen-bond donors (Lipinski definition) is 1. The zero-order valence-electron chi connectivity index (χ0n) is 11.6. The van der Waals surface area contributed by atoms with Crippen LogP contribution in [0.1, 0.15) is 22.3 Å². The normalized spacial score (nSPS) is 11.5. The largest absolute Gasteiger partial charge is 0.416 e. The van der Waals surface area contributed by atoms with Crippen molar-refractivity contribution in [3.8, 4) is 0 Å². The predicted molar refractivity (Wildman–Crippen MR) is 75.4 cm³/mol. The third-order valence-electron chi connectivity index (χ3n) is 3.14. The monoisotopic (exact) mass is 279 g/mol. The standard InChI is InChI=1S/C16H16F3N/c1-10-7-11(2)15(12(3)8-10)20-14-6-4-5-13(9-14)16(17,18)19/h4-9,20H,1-3H3. The fourth-order valence-electron chi connectivity index (χ4n) is 2.29. The van der Waals surface area contributed by atoms with Gasteiger partial charge in [0, 0.05) is 11.4 Å². The molecule has 0 saturated heterocycles. The van der Waals surface area contributed by atoms with E-state index < -0.39 is 11.7 Å². The lowest BCUT2D eigenvalue weighted by Gasteiger charge is -2.15. The Labute approximate surface area is 116 Å². The highest BCUT2D eigenvalue weighted by Crippen LogP contribution is 2.32. The molecule has 0 atom stereocenters. The van der Waals surface area contributed by atoms with Crippen molar-refractivity contribution in [1.29, 1.82) is 0 Å². The third-order valence-corrected chi connectivity index (χ3v) is 3.14. The minimum Gasteiger partial charge on any atom is -0.355 e. The van der Waals surface area contributed by atoms with Crippen molar-refractivity contribution < 1.29 is 13.2 Å². The molecular formula is C16H16F3N. The molecule has 2 aromatic rings. The second-order valence-corrected chi connectivity index (χ2v) is 4.98. The van der Waals surface area contributed by atoms with Crippen molar-refractivity contribution in [3.63, 3.8) is 0 Å². The molecule has 0 aliphatic carbocycles. The summed E-state index contributed by atoms with van der Waals surface area (Å²) < 4.78 is 38.1. The van der Waals surface area contributed by atoms with Crippen LogP contribution in [0, 0.1) is 20.8 Å². The number of anilines is 2. The highest BCUT2D eigenvalue weighted by Gasteiger charge is 2.30. The highest BCUT2D eigenvalue weighted by atomic mass is 19.4. The Morgan fingerprint density at radius 3 is 2.05 bits per heavy atom. The van der Waals surface area contributed by atoms with Crippen molar-refractivity contribution >= 4 is 11.4 Å². The van der Waals surface area contributed by atoms with Crippen LogP contribution in [-0.2, 0) is 6.18 Å². The lowest BCUT2D eigenvalue weighted by atomic mass is 10.0. The Hall–Kier alpha value is -1.97. The predicted octanol–water partition coefficient (Wildman–Crippen LogP) is 5.37. The van der Waals surface area contributed by atoms with Gasteiger partial charge in [0.25, 0.3) is 0 Å². The molecule has 0 radical (unpaired) electrons. The number of hydrogen-bond acceptors (Lipinski definition) is 1. The van der Waals surface area contributed by atoms with Crippen molar-refractivity contribution in [3.05, 3.63) is 58.7 Å². The quantitative estimate of drug-likeness (QED) is 0.778. The molecule has 2 rings (SSSR count). The molecular weight excluding hydrogens is 263 g/mol. The summed E-state index contributed by atoms with van der Waals surface area (Å²) in [5.74, 6) is 0. The summed E-state index contributed by atoms with van der Waals surface area (Å²) in [6.07, 6.45) is -4.32. The first-order chi connectivity index (χ1) is 9.27. The van der Waals surface area contributed by atoms with E-state index in [4.69, 9.17) is 0 Å². The van der Waals surface area contributed by atoms with Crippen LogP contribution in [0.2, 0.25) is 0 Å². The molecule has 20 heavy (non-hydrogen) atoms. The maximum atomic E-state index is 12.7. The summed E-state index contributed by atoms with van der Waals surface area (Å²) >= 11 is 0. The van der Waals surface area contributed by atoms with Gasteiger partial charge in [0.15, 0.2) is 0 Å². The number of nitrogens with one attached hydrogen (secondary N) is 1. The Morgan fingerprint density at radius 2 is 1.50 bits per heavy atom. The van der Waals surface area contributed by atoms with E-state index in [9.17, 15) is 13.2 Å². The lowest BCUT2D eigenvalue weighted by molar-refractivity contribution is -0.137. The zero-order chi connectivity index (χ0) is 14.9. The molecule has 0 heterocycles. The van der Waals surface area contributed by atoms with Crippen molar-refractivity contribution in [1.82, 2.24) is 0 Å². The molecule has 0 amide bonds. The Bertz CT molecular complexity index is 607. The third kappa shape index (κ3) is 3.13. The molecule has 2 aromatic carbocycles. The summed E-state index contributed by atoms with van der Waals surface area (Å²) in [5, 5.41) is 3.08. The summed E-state index contributed by atoms with van der Waals surface area (Å²) in [5.41, 5.74) is 3.81. The molecule has 1 nitrogen and oxygen atoms in total. The van der Waals surface area contributed by atoms with E-state index >= 15 is 0 Å². The molecule has 0 bridgehead atoms. The van der Waals surface area contributed by atoms with Gasteiger partial charge in [-0.05, 0) is 50.1 Å². The second kappa shape index (κ2) is 5.19. The number of rotatable bonds is 2. The van der Waals surface area contributed by atoms with Crippen LogP contribution in [0.25, 0.3) is 0 Å². The van der Waals surface area contributed by atoms with Crippen LogP contribution in [0.15, 0.2) is 36.4 Å². The van der Waals surface area contributed by atoms with E-state index in [1.54, 1.807) is 6.07 Å². The SMILES string of the molecule is Cc1cc(C)c(Nc2cccc(C(F)(F)F)c2)c(C)c1. The van der Waals surface area contributed by atoms with Gasteiger partial charge in [-0.3, -0.25) is 0 Å². The van der Waals surface area contributed by atoms with Gasteiger partial charge in [0.1, 0.15) is 0 Å². The van der Waals surface area contributed by atoms with Crippen molar-refractivity contribution in [2.75, 3.05) is 5.32 Å². The van der Waals surface area contributed by atoms with E-state index in [0.717, 1.165) is 34.5 Å². The summed E-state index contributed by atoms with van der Waals surface area (Å²) in [6.45, 7) is 5.87. The fraction of sp³-hybridized carbons (Fsp3) is 0.250. The first-order valence-electron chi connectivity index (χ1n) is 6.29. The fourth-order valence-corrected chi connectivity index (χ4v) is 2.29. The molecule has 106 valence electrons. The summed E-state index contributed by atoms with van der Waals surface area (Å²) in [6, 6.07) is 9.24. The molecule has 1 N–H and O–H groups in total. The van der Waals surface area contributed by atoms with E-state index in [0.29, 0.717) is 5.69 Å².